The van der Waals surface area contributed by atoms with Gasteiger partial charge in [0.1, 0.15) is 16.5 Å². The lowest BCUT2D eigenvalue weighted by Crippen LogP contribution is -2.52. The molecule has 2 heterocycles. The quantitative estimate of drug-likeness (QED) is 0.640. The fourth-order valence-corrected chi connectivity index (χ4v) is 6.09. The molecule has 1 amide bonds. The lowest BCUT2D eigenvalue weighted by atomic mass is 9.74. The third-order valence-corrected chi connectivity index (χ3v) is 8.58. The Morgan fingerprint density at radius 2 is 1.68 bits per heavy atom. The first-order valence-electron chi connectivity index (χ1n) is 11.4. The summed E-state index contributed by atoms with van der Waals surface area (Å²) in [5.74, 6) is -1.92. The highest BCUT2D eigenvalue weighted by Crippen LogP contribution is 2.34. The number of hydrogen-bond donors (Lipinski definition) is 1. The van der Waals surface area contributed by atoms with Gasteiger partial charge in [-0.3, -0.25) is 9.69 Å². The Balaban J connectivity index is 1.32. The summed E-state index contributed by atoms with van der Waals surface area (Å²) in [6.07, 6.45) is 1.65. The maximum atomic E-state index is 14.0. The van der Waals surface area contributed by atoms with Crippen LogP contribution in [0.15, 0.2) is 53.4 Å². The van der Waals surface area contributed by atoms with E-state index < -0.39 is 26.6 Å². The second kappa shape index (κ2) is 10.5. The fourth-order valence-electron chi connectivity index (χ4n) is 4.59. The second-order valence-corrected chi connectivity index (χ2v) is 10.7. The number of carbonyl (C=O) groups is 1. The monoisotopic (exact) mass is 493 g/mol. The van der Waals surface area contributed by atoms with E-state index in [1.165, 1.54) is 5.56 Å². The van der Waals surface area contributed by atoms with Crippen LogP contribution in [0.2, 0.25) is 0 Å². The number of sulfonamides is 1. The Morgan fingerprint density at radius 1 is 1.00 bits per heavy atom. The highest BCUT2D eigenvalue weighted by atomic mass is 32.2. The molecule has 0 atom stereocenters. The summed E-state index contributed by atoms with van der Waals surface area (Å²) < 4.78 is 59.7. The van der Waals surface area contributed by atoms with E-state index in [2.05, 4.69) is 17.4 Å². The fraction of sp³-hybridized carbons (Fsp3) is 0.458. The van der Waals surface area contributed by atoms with E-state index in [9.17, 15) is 22.0 Å². The van der Waals surface area contributed by atoms with Crippen molar-refractivity contribution >= 4 is 15.9 Å². The maximum Gasteiger partial charge on any atom is 0.246 e. The first-order chi connectivity index (χ1) is 16.3. The molecule has 0 spiro atoms. The molecule has 2 saturated heterocycles. The number of nitrogens with zero attached hydrogens (tertiary/aromatic N) is 2. The molecule has 184 valence electrons. The van der Waals surface area contributed by atoms with Crippen molar-refractivity contribution in [1.82, 2.24) is 14.5 Å². The summed E-state index contributed by atoms with van der Waals surface area (Å²) in [5, 5.41) is 3.06. The summed E-state index contributed by atoms with van der Waals surface area (Å²) in [6, 6.07) is 12.5. The molecule has 0 radical (unpaired) electrons. The Labute approximate surface area is 198 Å². The van der Waals surface area contributed by atoms with Gasteiger partial charge < -0.3 is 10.1 Å². The van der Waals surface area contributed by atoms with Gasteiger partial charge in [0.2, 0.25) is 15.9 Å². The van der Waals surface area contributed by atoms with Crippen molar-refractivity contribution in [3.05, 3.63) is 65.7 Å². The van der Waals surface area contributed by atoms with Gasteiger partial charge in [0, 0.05) is 51.4 Å². The minimum Gasteiger partial charge on any atom is -0.381 e. The van der Waals surface area contributed by atoms with Crippen LogP contribution in [0.4, 0.5) is 8.78 Å². The summed E-state index contributed by atoms with van der Waals surface area (Å²) in [7, 11) is -4.15. The van der Waals surface area contributed by atoms with Gasteiger partial charge in [0.25, 0.3) is 0 Å². The number of rotatable bonds is 7. The summed E-state index contributed by atoms with van der Waals surface area (Å²) >= 11 is 0. The van der Waals surface area contributed by atoms with E-state index in [0.29, 0.717) is 38.9 Å². The maximum absolute atomic E-state index is 14.0. The van der Waals surface area contributed by atoms with Crippen molar-refractivity contribution in [3.63, 3.8) is 0 Å². The Morgan fingerprint density at radius 3 is 2.35 bits per heavy atom. The van der Waals surface area contributed by atoms with E-state index in [4.69, 9.17) is 4.74 Å². The van der Waals surface area contributed by atoms with Gasteiger partial charge >= 0.3 is 0 Å². The Bertz CT molecular complexity index is 1100. The standard InChI is InChI=1S/C24H29F2N3O4S/c25-20-6-7-21(26)22(16-20)34(31,32)29-12-10-28(11-13-29)17-23(30)27-18-24(8-14-33-15-9-24)19-4-2-1-3-5-19/h1-7,16H,8-15,17-18H2,(H,27,30). The Hall–Kier alpha value is -2.40. The molecule has 4 rings (SSSR count). The van der Waals surface area contributed by atoms with Crippen molar-refractivity contribution in [2.24, 2.45) is 0 Å². The molecule has 34 heavy (non-hydrogen) atoms. The minimum atomic E-state index is -4.15. The molecule has 2 aliphatic heterocycles. The molecule has 2 aromatic rings. The van der Waals surface area contributed by atoms with E-state index >= 15 is 0 Å². The van der Waals surface area contributed by atoms with Gasteiger partial charge in [-0.2, -0.15) is 4.31 Å². The van der Waals surface area contributed by atoms with E-state index in [0.717, 1.165) is 29.3 Å². The molecule has 0 aliphatic carbocycles. The molecule has 2 aromatic carbocycles. The van der Waals surface area contributed by atoms with Crippen LogP contribution in [0.3, 0.4) is 0 Å². The predicted molar refractivity (Wildman–Crippen MR) is 123 cm³/mol. The zero-order chi connectivity index (χ0) is 24.2. The van der Waals surface area contributed by atoms with Crippen LogP contribution >= 0.6 is 0 Å². The molecular weight excluding hydrogens is 464 g/mol. The number of amides is 1. The smallest absolute Gasteiger partial charge is 0.246 e. The number of hydrogen-bond acceptors (Lipinski definition) is 5. The Kier molecular flexibility index (Phi) is 7.61. The number of ether oxygens (including phenoxy) is 1. The SMILES string of the molecule is O=C(CN1CCN(S(=O)(=O)c2cc(F)ccc2F)CC1)NCC1(c2ccccc2)CCOCC1. The molecule has 7 nitrogen and oxygen atoms in total. The van der Waals surface area contributed by atoms with E-state index in [-0.39, 0.29) is 31.0 Å². The zero-order valence-corrected chi connectivity index (χ0v) is 19.7. The van der Waals surface area contributed by atoms with E-state index in [1.807, 2.05) is 23.1 Å². The van der Waals surface area contributed by atoms with Crippen molar-refractivity contribution in [2.45, 2.75) is 23.2 Å². The minimum absolute atomic E-state index is 0.0941. The topological polar surface area (TPSA) is 79.0 Å². The normalized spacial score (nSPS) is 19.6. The van der Waals surface area contributed by atoms with Crippen LogP contribution in [0.1, 0.15) is 18.4 Å². The number of halogens is 2. The van der Waals surface area contributed by atoms with Gasteiger partial charge in [0.15, 0.2) is 0 Å². The first kappa shape index (κ1) is 24.7. The lowest BCUT2D eigenvalue weighted by molar-refractivity contribution is -0.123. The molecule has 2 aliphatic rings. The van der Waals surface area contributed by atoms with Crippen molar-refractivity contribution < 1.29 is 26.7 Å². The summed E-state index contributed by atoms with van der Waals surface area (Å²) in [5.41, 5.74) is 1.01. The van der Waals surface area contributed by atoms with Crippen LogP contribution < -0.4 is 5.32 Å². The summed E-state index contributed by atoms with van der Waals surface area (Å²) in [4.78, 5) is 13.9. The van der Waals surface area contributed by atoms with Crippen molar-refractivity contribution in [2.75, 3.05) is 52.5 Å². The number of piperazine rings is 1. The number of nitrogens with one attached hydrogen (secondary N) is 1. The highest BCUT2D eigenvalue weighted by molar-refractivity contribution is 7.89. The van der Waals surface area contributed by atoms with Gasteiger partial charge in [-0.25, -0.2) is 17.2 Å². The van der Waals surface area contributed by atoms with Crippen LogP contribution in [0.5, 0.6) is 0 Å². The molecule has 0 saturated carbocycles. The average molecular weight is 494 g/mol. The van der Waals surface area contributed by atoms with Gasteiger partial charge in [-0.15, -0.1) is 0 Å². The predicted octanol–water partition coefficient (Wildman–Crippen LogP) is 2.14. The first-order valence-corrected chi connectivity index (χ1v) is 12.8. The second-order valence-electron chi connectivity index (χ2n) is 8.79. The highest BCUT2D eigenvalue weighted by Gasteiger charge is 2.35. The van der Waals surface area contributed by atoms with Crippen LogP contribution in [0, 0.1) is 11.6 Å². The third kappa shape index (κ3) is 5.46. The van der Waals surface area contributed by atoms with Crippen LogP contribution in [-0.2, 0) is 25.0 Å². The van der Waals surface area contributed by atoms with Crippen LogP contribution in [-0.4, -0.2) is 76.0 Å². The molecule has 10 heteroatoms. The van der Waals surface area contributed by atoms with Gasteiger partial charge in [0.05, 0.1) is 6.54 Å². The molecule has 0 unspecified atom stereocenters. The van der Waals surface area contributed by atoms with Crippen LogP contribution in [0.25, 0.3) is 0 Å². The lowest BCUT2D eigenvalue weighted by Gasteiger charge is -2.38. The molecule has 1 N–H and O–H groups in total. The van der Waals surface area contributed by atoms with Crippen molar-refractivity contribution in [3.8, 4) is 0 Å². The van der Waals surface area contributed by atoms with Crippen molar-refractivity contribution in [1.29, 1.82) is 0 Å². The molecule has 0 bridgehead atoms. The molecule has 2 fully saturated rings. The number of carbonyl (C=O) groups excluding carboxylic acids is 1. The molecule has 0 aromatic heterocycles. The average Bonchev–Trinajstić information content (AvgIpc) is 2.86. The van der Waals surface area contributed by atoms with E-state index in [1.54, 1.807) is 0 Å². The van der Waals surface area contributed by atoms with Gasteiger partial charge in [-0.1, -0.05) is 30.3 Å². The third-order valence-electron chi connectivity index (χ3n) is 6.67. The molecular formula is C24H29F2N3O4S. The zero-order valence-electron chi connectivity index (χ0n) is 18.9. The largest absolute Gasteiger partial charge is 0.381 e. The van der Waals surface area contributed by atoms with Gasteiger partial charge in [-0.05, 0) is 36.6 Å². The summed E-state index contributed by atoms with van der Waals surface area (Å²) in [6.45, 7) is 2.77. The number of benzene rings is 2.